The lowest BCUT2D eigenvalue weighted by molar-refractivity contribution is 0.644. The summed E-state index contributed by atoms with van der Waals surface area (Å²) >= 11 is 0. The van der Waals surface area contributed by atoms with Gasteiger partial charge >= 0.3 is 0 Å². The van der Waals surface area contributed by atoms with Crippen LogP contribution in [0.5, 0.6) is 0 Å². The Hall–Kier alpha value is -2.87. The Balaban J connectivity index is 1.68. The summed E-state index contributed by atoms with van der Waals surface area (Å²) in [6.45, 7) is 0. The van der Waals surface area contributed by atoms with Gasteiger partial charge in [-0.15, -0.1) is 0 Å². The Morgan fingerprint density at radius 1 is 0.667 bits per heavy atom. The van der Waals surface area contributed by atoms with Crippen LogP contribution in [0.15, 0.2) is 84.9 Å². The van der Waals surface area contributed by atoms with Crippen molar-refractivity contribution in [2.24, 2.45) is 0 Å². The normalized spacial score (nSPS) is 11.2. The van der Waals surface area contributed by atoms with Gasteiger partial charge < -0.3 is 4.98 Å². The number of rotatable bonds is 5. The second-order valence-electron chi connectivity index (χ2n) is 6.22. The predicted molar refractivity (Wildman–Crippen MR) is 99.1 cm³/mol. The van der Waals surface area contributed by atoms with E-state index >= 15 is 0 Å². The summed E-state index contributed by atoms with van der Waals surface area (Å²) in [5.74, 6) is 1.41. The summed E-state index contributed by atoms with van der Waals surface area (Å²) in [5, 5.41) is 0. The summed E-state index contributed by atoms with van der Waals surface area (Å²) < 4.78 is 0. The fraction of sp³-hybridized carbons (Fsp3) is 0.136. The van der Waals surface area contributed by atoms with E-state index in [0.29, 0.717) is 5.92 Å². The number of nitrogens with zero attached hydrogens (tertiary/aromatic N) is 1. The van der Waals surface area contributed by atoms with E-state index in [1.165, 1.54) is 11.1 Å². The minimum atomic E-state index is 0.335. The monoisotopic (exact) mass is 312 g/mol. The molecular weight excluding hydrogens is 292 g/mol. The third-order valence-corrected chi connectivity index (χ3v) is 4.44. The number of imidazole rings is 1. The Morgan fingerprint density at radius 3 is 1.79 bits per heavy atom. The molecule has 0 radical (unpaired) electrons. The van der Waals surface area contributed by atoms with Gasteiger partial charge in [-0.1, -0.05) is 72.8 Å². The largest absolute Gasteiger partial charge is 0.342 e. The third-order valence-electron chi connectivity index (χ3n) is 4.44. The highest BCUT2D eigenvalue weighted by Gasteiger charge is 2.17. The SMILES string of the molecule is c1ccc(CC(Cc2ccccc2)c2nc3ccccc3[nH]2)cc1. The van der Waals surface area contributed by atoms with Crippen LogP contribution in [0.1, 0.15) is 22.9 Å². The molecule has 118 valence electrons. The van der Waals surface area contributed by atoms with Crippen LogP contribution in [0.25, 0.3) is 11.0 Å². The average Bonchev–Trinajstić information content (AvgIpc) is 3.07. The van der Waals surface area contributed by atoms with Crippen molar-refractivity contribution in [3.05, 3.63) is 102 Å². The van der Waals surface area contributed by atoms with Crippen molar-refractivity contribution in [1.82, 2.24) is 9.97 Å². The maximum absolute atomic E-state index is 4.85. The molecule has 0 bridgehead atoms. The molecule has 2 nitrogen and oxygen atoms in total. The van der Waals surface area contributed by atoms with Crippen LogP contribution in [0.2, 0.25) is 0 Å². The molecule has 0 fully saturated rings. The second-order valence-corrected chi connectivity index (χ2v) is 6.22. The van der Waals surface area contributed by atoms with Crippen LogP contribution in [0.4, 0.5) is 0 Å². The number of hydrogen-bond acceptors (Lipinski definition) is 1. The molecule has 3 aromatic carbocycles. The number of aromatic amines is 1. The average molecular weight is 312 g/mol. The molecule has 0 atom stereocenters. The van der Waals surface area contributed by atoms with Gasteiger partial charge in [-0.3, -0.25) is 0 Å². The van der Waals surface area contributed by atoms with Gasteiger partial charge in [0.1, 0.15) is 5.82 Å². The molecule has 4 aromatic rings. The zero-order chi connectivity index (χ0) is 16.2. The molecule has 1 heterocycles. The molecule has 0 aliphatic rings. The lowest BCUT2D eigenvalue weighted by Crippen LogP contribution is -2.08. The van der Waals surface area contributed by atoms with Crippen LogP contribution in [-0.4, -0.2) is 9.97 Å². The summed E-state index contributed by atoms with van der Waals surface area (Å²) in [7, 11) is 0. The highest BCUT2D eigenvalue weighted by Crippen LogP contribution is 2.25. The van der Waals surface area contributed by atoms with Crippen LogP contribution in [-0.2, 0) is 12.8 Å². The van der Waals surface area contributed by atoms with Gasteiger partial charge in [-0.2, -0.15) is 0 Å². The highest BCUT2D eigenvalue weighted by molar-refractivity contribution is 5.74. The quantitative estimate of drug-likeness (QED) is 0.543. The first-order valence-electron chi connectivity index (χ1n) is 8.41. The topological polar surface area (TPSA) is 28.7 Å². The zero-order valence-corrected chi connectivity index (χ0v) is 13.5. The zero-order valence-electron chi connectivity index (χ0n) is 13.5. The first-order chi connectivity index (χ1) is 11.9. The fourth-order valence-corrected chi connectivity index (χ4v) is 3.23. The molecule has 2 heteroatoms. The maximum Gasteiger partial charge on any atom is 0.111 e. The van der Waals surface area contributed by atoms with E-state index in [-0.39, 0.29) is 0 Å². The van der Waals surface area contributed by atoms with Crippen molar-refractivity contribution in [1.29, 1.82) is 0 Å². The van der Waals surface area contributed by atoms with E-state index in [1.807, 2.05) is 12.1 Å². The Morgan fingerprint density at radius 2 is 1.21 bits per heavy atom. The van der Waals surface area contributed by atoms with Crippen LogP contribution in [0, 0.1) is 0 Å². The Labute approximate surface area is 142 Å². The summed E-state index contributed by atoms with van der Waals surface area (Å²) in [4.78, 5) is 8.37. The molecule has 1 aromatic heterocycles. The van der Waals surface area contributed by atoms with Crippen molar-refractivity contribution in [2.75, 3.05) is 0 Å². The van der Waals surface area contributed by atoms with Gasteiger partial charge in [0.05, 0.1) is 11.0 Å². The number of fused-ring (bicyclic) bond motifs is 1. The second kappa shape index (κ2) is 6.71. The van der Waals surface area contributed by atoms with E-state index in [1.54, 1.807) is 0 Å². The minimum Gasteiger partial charge on any atom is -0.342 e. The predicted octanol–water partition coefficient (Wildman–Crippen LogP) is 5.13. The Kier molecular flexibility index (Phi) is 4.11. The molecule has 0 spiro atoms. The molecule has 4 rings (SSSR count). The molecule has 0 aliphatic heterocycles. The van der Waals surface area contributed by atoms with Crippen LogP contribution in [0.3, 0.4) is 0 Å². The number of hydrogen-bond donors (Lipinski definition) is 1. The van der Waals surface area contributed by atoms with Gasteiger partial charge in [-0.25, -0.2) is 4.98 Å². The molecule has 0 aliphatic carbocycles. The van der Waals surface area contributed by atoms with Gasteiger partial charge in [-0.05, 0) is 36.1 Å². The fourth-order valence-electron chi connectivity index (χ4n) is 3.23. The minimum absolute atomic E-state index is 0.335. The van der Waals surface area contributed by atoms with E-state index in [9.17, 15) is 0 Å². The molecule has 0 saturated heterocycles. The highest BCUT2D eigenvalue weighted by atomic mass is 14.9. The molecule has 0 saturated carbocycles. The number of H-pyrrole nitrogens is 1. The first-order valence-corrected chi connectivity index (χ1v) is 8.41. The van der Waals surface area contributed by atoms with Crippen molar-refractivity contribution < 1.29 is 0 Å². The number of benzene rings is 3. The number of nitrogens with one attached hydrogen (secondary N) is 1. The van der Waals surface area contributed by atoms with Crippen LogP contribution >= 0.6 is 0 Å². The molecule has 0 unspecified atom stereocenters. The molecule has 0 amide bonds. The van der Waals surface area contributed by atoms with Crippen molar-refractivity contribution in [2.45, 2.75) is 18.8 Å². The smallest absolute Gasteiger partial charge is 0.111 e. The van der Waals surface area contributed by atoms with Crippen LogP contribution < -0.4 is 0 Å². The number of para-hydroxylation sites is 2. The molecular formula is C22H20N2. The number of aromatic nitrogens is 2. The third kappa shape index (κ3) is 3.23. The summed E-state index contributed by atoms with van der Waals surface area (Å²) in [6.07, 6.45) is 1.96. The van der Waals surface area contributed by atoms with Crippen molar-refractivity contribution in [3.8, 4) is 0 Å². The van der Waals surface area contributed by atoms with Gasteiger partial charge in [0.25, 0.3) is 0 Å². The molecule has 24 heavy (non-hydrogen) atoms. The lowest BCUT2D eigenvalue weighted by atomic mass is 9.92. The van der Waals surface area contributed by atoms with Gasteiger partial charge in [0, 0.05) is 5.92 Å². The van der Waals surface area contributed by atoms with Crippen molar-refractivity contribution >= 4 is 11.0 Å². The van der Waals surface area contributed by atoms with Gasteiger partial charge in [0.15, 0.2) is 0 Å². The lowest BCUT2D eigenvalue weighted by Gasteiger charge is -2.15. The summed E-state index contributed by atoms with van der Waals surface area (Å²) in [6, 6.07) is 29.6. The van der Waals surface area contributed by atoms with E-state index in [4.69, 9.17) is 4.98 Å². The standard InChI is InChI=1S/C22H20N2/c1-3-9-17(10-4-1)15-19(16-18-11-5-2-6-12-18)22-23-20-13-7-8-14-21(20)24-22/h1-14,19H,15-16H2,(H,23,24). The maximum atomic E-state index is 4.85. The first kappa shape index (κ1) is 14.7. The van der Waals surface area contributed by atoms with E-state index in [0.717, 1.165) is 29.7 Å². The van der Waals surface area contributed by atoms with E-state index in [2.05, 4.69) is 77.8 Å². The molecule has 1 N–H and O–H groups in total. The van der Waals surface area contributed by atoms with Gasteiger partial charge in [0.2, 0.25) is 0 Å². The Bertz CT molecular complexity index is 836. The summed E-state index contributed by atoms with van der Waals surface area (Å²) in [5.41, 5.74) is 4.84. The van der Waals surface area contributed by atoms with E-state index < -0.39 is 0 Å². The van der Waals surface area contributed by atoms with Crippen molar-refractivity contribution in [3.63, 3.8) is 0 Å².